The minimum absolute atomic E-state index is 0.288. The monoisotopic (exact) mass is 379 g/mol. The number of methoxy groups -OCH3 is 2. The molecule has 0 fully saturated rings. The molecule has 4 nitrogen and oxygen atoms in total. The van der Waals surface area contributed by atoms with E-state index in [1.807, 2.05) is 18.2 Å². The highest BCUT2D eigenvalue weighted by Crippen LogP contribution is 2.22. The summed E-state index contributed by atoms with van der Waals surface area (Å²) in [5, 5.41) is 3.17. The van der Waals surface area contributed by atoms with Gasteiger partial charge in [-0.1, -0.05) is 31.9 Å². The van der Waals surface area contributed by atoms with Crippen LogP contribution in [-0.4, -0.2) is 31.6 Å². The number of alkyl halides is 1. The van der Waals surface area contributed by atoms with Crippen LogP contribution >= 0.6 is 31.9 Å². The lowest BCUT2D eigenvalue weighted by Crippen LogP contribution is -2.29. The van der Waals surface area contributed by atoms with Gasteiger partial charge < -0.3 is 14.8 Å². The van der Waals surface area contributed by atoms with Gasteiger partial charge in [0.15, 0.2) is 0 Å². The maximum Gasteiger partial charge on any atom is 0.320 e. The Bertz CT molecular complexity index is 412. The Morgan fingerprint density at radius 3 is 2.78 bits per heavy atom. The number of hydrogen-bond acceptors (Lipinski definition) is 4. The lowest BCUT2D eigenvalue weighted by molar-refractivity contribution is -0.139. The molecule has 1 aromatic carbocycles. The molecule has 0 saturated carbocycles. The molecule has 1 aromatic rings. The summed E-state index contributed by atoms with van der Waals surface area (Å²) in [6.45, 7) is 1.10. The molecule has 0 aliphatic carbocycles. The van der Waals surface area contributed by atoms with E-state index in [2.05, 4.69) is 41.9 Å². The molecule has 6 heteroatoms. The Labute approximate surface area is 123 Å². The van der Waals surface area contributed by atoms with Gasteiger partial charge in [-0.3, -0.25) is 4.79 Å². The standard InChI is InChI=1S/C12H15Br2NO3/c1-17-11-4-3-9(13)5-8(11)6-15-7-10(14)12(16)18-2/h3-5,10,15H,6-7H2,1-2H3. The Kier molecular flexibility index (Phi) is 6.67. The first kappa shape index (κ1) is 15.5. The van der Waals surface area contributed by atoms with Crippen LogP contribution in [-0.2, 0) is 16.1 Å². The normalized spacial score (nSPS) is 12.0. The van der Waals surface area contributed by atoms with Crippen LogP contribution in [0.5, 0.6) is 5.75 Å². The van der Waals surface area contributed by atoms with Crippen LogP contribution < -0.4 is 10.1 Å². The summed E-state index contributed by atoms with van der Waals surface area (Å²) in [5.41, 5.74) is 1.02. The minimum Gasteiger partial charge on any atom is -0.496 e. The van der Waals surface area contributed by atoms with Gasteiger partial charge in [-0.25, -0.2) is 0 Å². The van der Waals surface area contributed by atoms with E-state index in [4.69, 9.17) is 4.74 Å². The van der Waals surface area contributed by atoms with Gasteiger partial charge in [0.05, 0.1) is 14.2 Å². The number of halogens is 2. The summed E-state index contributed by atoms with van der Waals surface area (Å²) in [7, 11) is 3.00. The molecule has 18 heavy (non-hydrogen) atoms. The van der Waals surface area contributed by atoms with Crippen LogP contribution in [0.15, 0.2) is 22.7 Å². The predicted octanol–water partition coefficient (Wildman–Crippen LogP) is 2.48. The van der Waals surface area contributed by atoms with Crippen LogP contribution in [0.1, 0.15) is 5.56 Å². The van der Waals surface area contributed by atoms with Gasteiger partial charge in [0.1, 0.15) is 10.6 Å². The van der Waals surface area contributed by atoms with Crippen molar-refractivity contribution in [3.63, 3.8) is 0 Å². The molecular weight excluding hydrogens is 366 g/mol. The zero-order valence-electron chi connectivity index (χ0n) is 10.2. The fourth-order valence-electron chi connectivity index (χ4n) is 1.43. The molecule has 1 N–H and O–H groups in total. The maximum atomic E-state index is 11.2. The highest BCUT2D eigenvalue weighted by atomic mass is 79.9. The zero-order chi connectivity index (χ0) is 13.5. The third-order valence-electron chi connectivity index (χ3n) is 2.34. The third-order valence-corrected chi connectivity index (χ3v) is 3.53. The molecule has 0 aliphatic rings. The Morgan fingerprint density at radius 1 is 1.44 bits per heavy atom. The van der Waals surface area contributed by atoms with Gasteiger partial charge >= 0.3 is 5.97 Å². The van der Waals surface area contributed by atoms with Crippen molar-refractivity contribution < 1.29 is 14.3 Å². The summed E-state index contributed by atoms with van der Waals surface area (Å²) in [6.07, 6.45) is 0. The average Bonchev–Trinajstić information content (AvgIpc) is 2.38. The van der Waals surface area contributed by atoms with Crippen molar-refractivity contribution in [1.29, 1.82) is 0 Å². The van der Waals surface area contributed by atoms with Crippen LogP contribution in [0.25, 0.3) is 0 Å². The van der Waals surface area contributed by atoms with Gasteiger partial charge in [-0.2, -0.15) is 0 Å². The van der Waals surface area contributed by atoms with E-state index in [1.165, 1.54) is 7.11 Å². The second kappa shape index (κ2) is 7.76. The van der Waals surface area contributed by atoms with Gasteiger partial charge in [0.2, 0.25) is 0 Å². The van der Waals surface area contributed by atoms with E-state index in [0.717, 1.165) is 15.8 Å². The van der Waals surface area contributed by atoms with Crippen LogP contribution in [0.4, 0.5) is 0 Å². The molecule has 1 unspecified atom stereocenters. The number of carbonyl (C=O) groups excluding carboxylic acids is 1. The SMILES string of the molecule is COC(=O)C(Br)CNCc1cc(Br)ccc1OC. The number of ether oxygens (including phenoxy) is 2. The van der Waals surface area contributed by atoms with Crippen molar-refractivity contribution in [2.24, 2.45) is 0 Å². The summed E-state index contributed by atoms with van der Waals surface area (Å²) in [6, 6.07) is 5.80. The molecule has 0 amide bonds. The molecule has 100 valence electrons. The first-order valence-electron chi connectivity index (χ1n) is 5.33. The Morgan fingerprint density at radius 2 is 2.17 bits per heavy atom. The third kappa shape index (κ3) is 4.59. The highest BCUT2D eigenvalue weighted by Gasteiger charge is 2.14. The van der Waals surface area contributed by atoms with Crippen molar-refractivity contribution >= 4 is 37.8 Å². The average molecular weight is 381 g/mol. The van der Waals surface area contributed by atoms with E-state index < -0.39 is 0 Å². The first-order valence-corrected chi connectivity index (χ1v) is 7.04. The number of benzene rings is 1. The summed E-state index contributed by atoms with van der Waals surface area (Å²) in [4.78, 5) is 10.8. The molecule has 0 saturated heterocycles. The number of rotatable bonds is 6. The van der Waals surface area contributed by atoms with Crippen LogP contribution in [0.2, 0.25) is 0 Å². The minimum atomic E-state index is -0.347. The van der Waals surface area contributed by atoms with Crippen molar-refractivity contribution in [2.75, 3.05) is 20.8 Å². The highest BCUT2D eigenvalue weighted by molar-refractivity contribution is 9.10. The first-order chi connectivity index (χ1) is 8.58. The Hall–Kier alpha value is -0.590. The molecule has 1 atom stereocenters. The second-order valence-electron chi connectivity index (χ2n) is 3.58. The second-order valence-corrected chi connectivity index (χ2v) is 5.60. The summed E-state index contributed by atoms with van der Waals surface area (Å²) < 4.78 is 10.9. The van der Waals surface area contributed by atoms with E-state index in [9.17, 15) is 4.79 Å². The molecule has 1 rings (SSSR count). The van der Waals surface area contributed by atoms with Crippen LogP contribution in [0, 0.1) is 0 Å². The Balaban J connectivity index is 2.53. The van der Waals surface area contributed by atoms with Crippen molar-refractivity contribution in [3.8, 4) is 5.75 Å². The number of carbonyl (C=O) groups is 1. The van der Waals surface area contributed by atoms with E-state index in [0.29, 0.717) is 13.1 Å². The number of hydrogen-bond donors (Lipinski definition) is 1. The van der Waals surface area contributed by atoms with Crippen molar-refractivity contribution in [3.05, 3.63) is 28.2 Å². The van der Waals surface area contributed by atoms with Gasteiger partial charge in [-0.15, -0.1) is 0 Å². The molecule has 0 spiro atoms. The summed E-state index contributed by atoms with van der Waals surface area (Å²) in [5.74, 6) is 0.526. The van der Waals surface area contributed by atoms with Crippen molar-refractivity contribution in [2.45, 2.75) is 11.4 Å². The van der Waals surface area contributed by atoms with Gasteiger partial charge in [-0.05, 0) is 18.2 Å². The van der Waals surface area contributed by atoms with E-state index in [-0.39, 0.29) is 10.8 Å². The maximum absolute atomic E-state index is 11.2. The lowest BCUT2D eigenvalue weighted by Gasteiger charge is -2.12. The van der Waals surface area contributed by atoms with Gasteiger partial charge in [0, 0.05) is 23.1 Å². The zero-order valence-corrected chi connectivity index (χ0v) is 13.4. The number of nitrogens with one attached hydrogen (secondary N) is 1. The fourth-order valence-corrected chi connectivity index (χ4v) is 2.25. The number of esters is 1. The van der Waals surface area contributed by atoms with Crippen LogP contribution in [0.3, 0.4) is 0 Å². The molecule has 0 aromatic heterocycles. The smallest absolute Gasteiger partial charge is 0.320 e. The summed E-state index contributed by atoms with van der Waals surface area (Å²) >= 11 is 6.66. The largest absolute Gasteiger partial charge is 0.496 e. The molecule has 0 bridgehead atoms. The molecule has 0 heterocycles. The molecule has 0 radical (unpaired) electrons. The fraction of sp³-hybridized carbons (Fsp3) is 0.417. The predicted molar refractivity (Wildman–Crippen MR) is 77.1 cm³/mol. The van der Waals surface area contributed by atoms with E-state index >= 15 is 0 Å². The topological polar surface area (TPSA) is 47.6 Å². The molecular formula is C12H15Br2NO3. The van der Waals surface area contributed by atoms with E-state index in [1.54, 1.807) is 7.11 Å². The lowest BCUT2D eigenvalue weighted by atomic mass is 10.2. The van der Waals surface area contributed by atoms with Gasteiger partial charge in [0.25, 0.3) is 0 Å². The molecule has 0 aliphatic heterocycles. The quantitative estimate of drug-likeness (QED) is 0.608. The van der Waals surface area contributed by atoms with Crippen molar-refractivity contribution in [1.82, 2.24) is 5.32 Å².